The summed E-state index contributed by atoms with van der Waals surface area (Å²) in [5, 5.41) is 0.714. The summed E-state index contributed by atoms with van der Waals surface area (Å²) in [4.78, 5) is 5.58. The van der Waals surface area contributed by atoms with Crippen molar-refractivity contribution < 1.29 is 27.4 Å². The van der Waals surface area contributed by atoms with Gasteiger partial charge in [0.25, 0.3) is 0 Å². The maximum atomic E-state index is 13.1. The second kappa shape index (κ2) is 11.7. The number of hydrogen-bond acceptors (Lipinski definition) is 5. The first-order valence-electron chi connectivity index (χ1n) is 12.0. The molecule has 8 heteroatoms. The van der Waals surface area contributed by atoms with Crippen LogP contribution in [0.25, 0.3) is 21.7 Å². The first-order chi connectivity index (χ1) is 17.8. The summed E-state index contributed by atoms with van der Waals surface area (Å²) >= 11 is 1.40. The molecular weight excluding hydrogens is 499 g/mol. The third kappa shape index (κ3) is 6.43. The molecular formula is C29H28F3NO3S. The van der Waals surface area contributed by atoms with E-state index in [1.165, 1.54) is 23.5 Å². The van der Waals surface area contributed by atoms with Gasteiger partial charge in [0, 0.05) is 5.56 Å². The highest BCUT2D eigenvalue weighted by Gasteiger charge is 2.30. The second-order valence-electron chi connectivity index (χ2n) is 8.33. The molecule has 0 bridgehead atoms. The van der Waals surface area contributed by atoms with Gasteiger partial charge in [0.05, 0.1) is 29.9 Å². The number of methoxy groups -OCH3 is 1. The summed E-state index contributed by atoms with van der Waals surface area (Å²) in [5.41, 5.74) is 2.58. The van der Waals surface area contributed by atoms with E-state index in [0.29, 0.717) is 34.4 Å². The summed E-state index contributed by atoms with van der Waals surface area (Å²) in [6.07, 6.45) is -2.53. The average Bonchev–Trinajstić information content (AvgIpc) is 3.33. The van der Waals surface area contributed by atoms with Crippen LogP contribution >= 0.6 is 11.3 Å². The van der Waals surface area contributed by atoms with E-state index < -0.39 is 11.7 Å². The molecule has 0 spiro atoms. The molecule has 0 aliphatic carbocycles. The number of ether oxygens (including phenoxy) is 3. The lowest BCUT2D eigenvalue weighted by molar-refractivity contribution is -0.137. The molecule has 0 saturated heterocycles. The molecule has 0 aliphatic rings. The third-order valence-corrected chi connectivity index (χ3v) is 6.80. The van der Waals surface area contributed by atoms with Gasteiger partial charge in [-0.15, -0.1) is 11.3 Å². The maximum Gasteiger partial charge on any atom is 0.416 e. The number of alkyl halides is 3. The minimum Gasteiger partial charge on any atom is -0.497 e. The van der Waals surface area contributed by atoms with Gasteiger partial charge in [-0.25, -0.2) is 4.98 Å². The lowest BCUT2D eigenvalue weighted by Gasteiger charge is -2.12. The van der Waals surface area contributed by atoms with Crippen LogP contribution < -0.4 is 14.2 Å². The van der Waals surface area contributed by atoms with Gasteiger partial charge in [-0.3, -0.25) is 0 Å². The maximum absolute atomic E-state index is 13.1. The first kappa shape index (κ1) is 26.5. The monoisotopic (exact) mass is 527 g/mol. The van der Waals surface area contributed by atoms with E-state index in [0.717, 1.165) is 46.7 Å². The number of nitrogens with zero attached hydrogens (tertiary/aromatic N) is 1. The van der Waals surface area contributed by atoms with E-state index >= 15 is 0 Å². The number of aryl methyl sites for hydroxylation is 1. The van der Waals surface area contributed by atoms with Crippen LogP contribution in [-0.2, 0) is 19.2 Å². The minimum atomic E-state index is -4.39. The smallest absolute Gasteiger partial charge is 0.416 e. The zero-order valence-corrected chi connectivity index (χ0v) is 21.7. The lowest BCUT2D eigenvalue weighted by Crippen LogP contribution is -2.03. The number of halogens is 3. The fourth-order valence-corrected chi connectivity index (χ4v) is 4.93. The van der Waals surface area contributed by atoms with Crippen LogP contribution in [0.5, 0.6) is 17.2 Å². The van der Waals surface area contributed by atoms with Gasteiger partial charge in [-0.2, -0.15) is 13.2 Å². The summed E-state index contributed by atoms with van der Waals surface area (Å²) < 4.78 is 56.4. The predicted octanol–water partition coefficient (Wildman–Crippen LogP) is 8.43. The van der Waals surface area contributed by atoms with E-state index in [1.807, 2.05) is 49.4 Å². The van der Waals surface area contributed by atoms with Crippen LogP contribution in [0, 0.1) is 0 Å². The van der Waals surface area contributed by atoms with E-state index in [1.54, 1.807) is 7.11 Å². The molecule has 0 amide bonds. The molecule has 0 N–H and O–H groups in total. The van der Waals surface area contributed by atoms with Gasteiger partial charge < -0.3 is 14.2 Å². The van der Waals surface area contributed by atoms with Crippen molar-refractivity contribution in [1.29, 1.82) is 0 Å². The molecule has 37 heavy (non-hydrogen) atoms. The summed E-state index contributed by atoms with van der Waals surface area (Å²) in [6.45, 7) is 4.89. The van der Waals surface area contributed by atoms with Crippen molar-refractivity contribution in [3.05, 3.63) is 82.9 Å². The van der Waals surface area contributed by atoms with Crippen molar-refractivity contribution >= 4 is 11.3 Å². The van der Waals surface area contributed by atoms with Gasteiger partial charge in [0.15, 0.2) is 0 Å². The predicted molar refractivity (Wildman–Crippen MR) is 140 cm³/mol. The molecule has 4 nitrogen and oxygen atoms in total. The third-order valence-electron chi connectivity index (χ3n) is 5.72. The molecule has 3 aromatic carbocycles. The average molecular weight is 528 g/mol. The topological polar surface area (TPSA) is 40.6 Å². The van der Waals surface area contributed by atoms with Crippen LogP contribution in [0.4, 0.5) is 13.2 Å². The van der Waals surface area contributed by atoms with Gasteiger partial charge in [-0.05, 0) is 79.1 Å². The molecule has 0 atom stereocenters. The molecule has 0 saturated carbocycles. The second-order valence-corrected chi connectivity index (χ2v) is 9.41. The Morgan fingerprint density at radius 2 is 1.51 bits per heavy atom. The molecule has 1 heterocycles. The molecule has 4 rings (SSSR count). The summed E-state index contributed by atoms with van der Waals surface area (Å²) in [5.74, 6) is 2.28. The van der Waals surface area contributed by atoms with E-state index in [9.17, 15) is 13.2 Å². The molecule has 0 aliphatic heterocycles. The lowest BCUT2D eigenvalue weighted by atomic mass is 10.1. The molecule has 4 aromatic rings. The van der Waals surface area contributed by atoms with Crippen LogP contribution in [-0.4, -0.2) is 18.7 Å². The van der Waals surface area contributed by atoms with Gasteiger partial charge in [0.2, 0.25) is 0 Å². The zero-order chi connectivity index (χ0) is 26.4. The van der Waals surface area contributed by atoms with Crippen molar-refractivity contribution in [3.63, 3.8) is 0 Å². The Hall–Kier alpha value is -3.52. The van der Waals surface area contributed by atoms with Gasteiger partial charge in [-0.1, -0.05) is 25.5 Å². The van der Waals surface area contributed by atoms with E-state index in [4.69, 9.17) is 19.2 Å². The minimum absolute atomic E-state index is 0.230. The molecule has 0 fully saturated rings. The summed E-state index contributed by atoms with van der Waals surface area (Å²) in [7, 11) is 1.59. The standard InChI is InChI=1S/C29H28F3NO3S/c1-4-6-21-17-24(15-16-25(21)35-5-2)36-18-26-33-27(19-9-13-23(34-3)14-10-19)28(37-26)20-7-11-22(12-8-20)29(30,31)32/h7-17H,4-6,18H2,1-3H3. The fraction of sp³-hybridized carbons (Fsp3) is 0.276. The number of thiazole rings is 1. The highest BCUT2D eigenvalue weighted by molar-refractivity contribution is 7.15. The Balaban J connectivity index is 1.64. The number of aromatic nitrogens is 1. The zero-order valence-electron chi connectivity index (χ0n) is 20.9. The van der Waals surface area contributed by atoms with Crippen molar-refractivity contribution in [2.75, 3.05) is 13.7 Å². The van der Waals surface area contributed by atoms with Gasteiger partial charge >= 0.3 is 6.18 Å². The van der Waals surface area contributed by atoms with Crippen molar-refractivity contribution in [2.45, 2.75) is 39.5 Å². The first-order valence-corrected chi connectivity index (χ1v) is 12.8. The Bertz CT molecular complexity index is 1320. The molecule has 1 aromatic heterocycles. The Labute approximate surface area is 218 Å². The number of benzene rings is 3. The molecule has 0 radical (unpaired) electrons. The largest absolute Gasteiger partial charge is 0.497 e. The summed E-state index contributed by atoms with van der Waals surface area (Å²) in [6, 6.07) is 18.4. The van der Waals surface area contributed by atoms with Gasteiger partial charge in [0.1, 0.15) is 28.9 Å². The van der Waals surface area contributed by atoms with Crippen LogP contribution in [0.15, 0.2) is 66.7 Å². The van der Waals surface area contributed by atoms with Crippen molar-refractivity contribution in [3.8, 4) is 38.9 Å². The van der Waals surface area contributed by atoms with Crippen LogP contribution in [0.3, 0.4) is 0 Å². The highest BCUT2D eigenvalue weighted by atomic mass is 32.1. The number of rotatable bonds is 10. The van der Waals surface area contributed by atoms with E-state index in [-0.39, 0.29) is 6.61 Å². The van der Waals surface area contributed by atoms with Crippen LogP contribution in [0.2, 0.25) is 0 Å². The van der Waals surface area contributed by atoms with Crippen molar-refractivity contribution in [1.82, 2.24) is 4.98 Å². The number of hydrogen-bond donors (Lipinski definition) is 0. The van der Waals surface area contributed by atoms with Crippen molar-refractivity contribution in [2.24, 2.45) is 0 Å². The Morgan fingerprint density at radius 1 is 0.838 bits per heavy atom. The SMILES string of the molecule is CCCc1cc(OCc2nc(-c3ccc(OC)cc3)c(-c3ccc(C(F)(F)F)cc3)s2)ccc1OCC. The highest BCUT2D eigenvalue weighted by Crippen LogP contribution is 2.39. The van der Waals surface area contributed by atoms with Crippen LogP contribution in [0.1, 0.15) is 36.4 Å². The van der Waals surface area contributed by atoms with E-state index in [2.05, 4.69) is 6.92 Å². The normalized spacial score (nSPS) is 11.4. The molecule has 0 unspecified atom stereocenters. The molecule has 194 valence electrons. The quantitative estimate of drug-likeness (QED) is 0.208. The fourth-order valence-electron chi connectivity index (χ4n) is 3.93. The Kier molecular flexibility index (Phi) is 8.38. The Morgan fingerprint density at radius 3 is 2.14 bits per heavy atom.